The highest BCUT2D eigenvalue weighted by Gasteiger charge is 2.25. The van der Waals surface area contributed by atoms with Crippen LogP contribution in [0.5, 0.6) is 0 Å². The Morgan fingerprint density at radius 3 is 2.62 bits per heavy atom. The van der Waals surface area contributed by atoms with Gasteiger partial charge < -0.3 is 25.5 Å². The molecule has 0 fully saturated rings. The van der Waals surface area contributed by atoms with Crippen molar-refractivity contribution in [1.29, 1.82) is 0 Å². The molecule has 8 heteroatoms. The number of nitrogens with one attached hydrogen (secondary N) is 2. The zero-order chi connectivity index (χ0) is 19.1. The molecule has 0 aliphatic carbocycles. The number of esters is 2. The van der Waals surface area contributed by atoms with Gasteiger partial charge in [-0.25, -0.2) is 4.79 Å². The topological polar surface area (TPSA) is 124 Å². The smallest absolute Gasteiger partial charge is 0.328 e. The molecule has 0 saturated carbocycles. The SMILES string of the molecule is COC(=O)CC[C@@H](NC(=O)[C@@H](N)Cc1c[nH]c2ccccc12)C(=O)OC. The van der Waals surface area contributed by atoms with Crippen molar-refractivity contribution in [2.45, 2.75) is 31.3 Å². The molecule has 4 N–H and O–H groups in total. The fourth-order valence-electron chi connectivity index (χ4n) is 2.66. The van der Waals surface area contributed by atoms with Crippen molar-refractivity contribution in [3.05, 3.63) is 36.0 Å². The minimum absolute atomic E-state index is 0.0196. The number of hydrogen-bond donors (Lipinski definition) is 3. The molecule has 1 heterocycles. The third kappa shape index (κ3) is 4.82. The minimum atomic E-state index is -0.958. The molecule has 1 aromatic heterocycles. The van der Waals surface area contributed by atoms with Crippen LogP contribution >= 0.6 is 0 Å². The van der Waals surface area contributed by atoms with E-state index in [0.717, 1.165) is 16.5 Å². The molecule has 0 spiro atoms. The van der Waals surface area contributed by atoms with Gasteiger partial charge in [-0.2, -0.15) is 0 Å². The van der Waals surface area contributed by atoms with E-state index in [-0.39, 0.29) is 12.8 Å². The van der Waals surface area contributed by atoms with Gasteiger partial charge in [0.15, 0.2) is 0 Å². The van der Waals surface area contributed by atoms with E-state index in [2.05, 4.69) is 19.8 Å². The van der Waals surface area contributed by atoms with Crippen molar-refractivity contribution in [2.75, 3.05) is 14.2 Å². The van der Waals surface area contributed by atoms with Gasteiger partial charge in [-0.3, -0.25) is 9.59 Å². The first-order valence-electron chi connectivity index (χ1n) is 8.21. The van der Waals surface area contributed by atoms with Crippen molar-refractivity contribution in [1.82, 2.24) is 10.3 Å². The van der Waals surface area contributed by atoms with Crippen LogP contribution in [0, 0.1) is 0 Å². The largest absolute Gasteiger partial charge is 0.469 e. The lowest BCUT2D eigenvalue weighted by molar-refractivity contribution is -0.146. The molecule has 1 aromatic carbocycles. The highest BCUT2D eigenvalue weighted by Crippen LogP contribution is 2.18. The second kappa shape index (κ2) is 9.00. The number of hydrogen-bond acceptors (Lipinski definition) is 6. The van der Waals surface area contributed by atoms with E-state index in [4.69, 9.17) is 5.73 Å². The molecule has 140 valence electrons. The van der Waals surface area contributed by atoms with E-state index in [1.165, 1.54) is 14.2 Å². The molecule has 8 nitrogen and oxygen atoms in total. The lowest BCUT2D eigenvalue weighted by atomic mass is 10.0. The zero-order valence-corrected chi connectivity index (χ0v) is 14.8. The van der Waals surface area contributed by atoms with Crippen LogP contribution in [0.4, 0.5) is 0 Å². The van der Waals surface area contributed by atoms with Gasteiger partial charge in [0.2, 0.25) is 5.91 Å². The van der Waals surface area contributed by atoms with Gasteiger partial charge >= 0.3 is 11.9 Å². The minimum Gasteiger partial charge on any atom is -0.469 e. The van der Waals surface area contributed by atoms with Gasteiger partial charge in [0.05, 0.1) is 20.3 Å². The number of H-pyrrole nitrogens is 1. The number of aromatic nitrogens is 1. The number of methoxy groups -OCH3 is 2. The Balaban J connectivity index is 2.00. The number of carbonyl (C=O) groups excluding carboxylic acids is 3. The normalized spacial score (nSPS) is 13.0. The van der Waals surface area contributed by atoms with Gasteiger partial charge in [-0.1, -0.05) is 18.2 Å². The summed E-state index contributed by atoms with van der Waals surface area (Å²) in [5.41, 5.74) is 7.87. The van der Waals surface area contributed by atoms with Crippen molar-refractivity contribution in [3.63, 3.8) is 0 Å². The summed E-state index contributed by atoms with van der Waals surface area (Å²) >= 11 is 0. The monoisotopic (exact) mass is 361 g/mol. The predicted octanol–water partition coefficient (Wildman–Crippen LogP) is 0.649. The predicted molar refractivity (Wildman–Crippen MR) is 95.2 cm³/mol. The molecule has 2 aromatic rings. The maximum absolute atomic E-state index is 12.4. The van der Waals surface area contributed by atoms with E-state index in [9.17, 15) is 14.4 Å². The maximum atomic E-state index is 12.4. The van der Waals surface area contributed by atoms with Gasteiger partial charge in [-0.05, 0) is 24.5 Å². The summed E-state index contributed by atoms with van der Waals surface area (Å²) < 4.78 is 9.22. The Bertz CT molecular complexity index is 786. The van der Waals surface area contributed by atoms with Gasteiger partial charge in [0, 0.05) is 23.5 Å². The van der Waals surface area contributed by atoms with Crippen molar-refractivity contribution >= 4 is 28.7 Å². The summed E-state index contributed by atoms with van der Waals surface area (Å²) in [7, 11) is 2.47. The summed E-state index contributed by atoms with van der Waals surface area (Å²) in [4.78, 5) is 38.6. The Morgan fingerprint density at radius 2 is 1.92 bits per heavy atom. The van der Waals surface area contributed by atoms with Crippen LogP contribution in [0.3, 0.4) is 0 Å². The summed E-state index contributed by atoms with van der Waals surface area (Å²) in [6.45, 7) is 0. The Hall–Kier alpha value is -2.87. The fourth-order valence-corrected chi connectivity index (χ4v) is 2.66. The van der Waals surface area contributed by atoms with Crippen molar-refractivity contribution < 1.29 is 23.9 Å². The standard InChI is InChI=1S/C18H23N3O5/c1-25-16(22)8-7-15(18(24)26-2)21-17(23)13(19)9-11-10-20-14-6-4-3-5-12(11)14/h3-6,10,13,15,20H,7-9,19H2,1-2H3,(H,21,23)/t13-,15+/m0/s1. The van der Waals surface area contributed by atoms with Crippen molar-refractivity contribution in [3.8, 4) is 0 Å². The summed E-state index contributed by atoms with van der Waals surface area (Å²) in [5.74, 6) is -1.60. The van der Waals surface area contributed by atoms with E-state index in [0.29, 0.717) is 6.42 Å². The Morgan fingerprint density at radius 1 is 1.19 bits per heavy atom. The number of amides is 1. The third-order valence-electron chi connectivity index (χ3n) is 4.12. The van der Waals surface area contributed by atoms with Crippen molar-refractivity contribution in [2.24, 2.45) is 5.73 Å². The molecular formula is C18H23N3O5. The molecule has 0 aliphatic rings. The second-order valence-electron chi connectivity index (χ2n) is 5.87. The molecule has 0 aliphatic heterocycles. The van der Waals surface area contributed by atoms with Crippen LogP contribution in [-0.2, 0) is 30.3 Å². The van der Waals surface area contributed by atoms with Crippen LogP contribution in [0.1, 0.15) is 18.4 Å². The highest BCUT2D eigenvalue weighted by atomic mass is 16.5. The molecule has 0 saturated heterocycles. The number of aromatic amines is 1. The molecule has 0 bridgehead atoms. The number of rotatable bonds is 8. The van der Waals surface area contributed by atoms with Gasteiger partial charge in [0.25, 0.3) is 0 Å². The molecule has 2 atom stereocenters. The molecule has 1 amide bonds. The summed E-state index contributed by atoms with van der Waals surface area (Å²) in [6.07, 6.45) is 2.17. The van der Waals surface area contributed by atoms with Crippen LogP contribution in [0.15, 0.2) is 30.5 Å². The first-order chi connectivity index (χ1) is 12.5. The van der Waals surface area contributed by atoms with E-state index in [1.807, 2.05) is 30.5 Å². The molecular weight excluding hydrogens is 338 g/mol. The Kier molecular flexibility index (Phi) is 6.74. The van der Waals surface area contributed by atoms with Crippen LogP contribution < -0.4 is 11.1 Å². The number of ether oxygens (including phenoxy) is 2. The zero-order valence-electron chi connectivity index (χ0n) is 14.8. The fraction of sp³-hybridized carbons (Fsp3) is 0.389. The number of carbonyl (C=O) groups is 3. The van der Waals surface area contributed by atoms with E-state index < -0.39 is 29.9 Å². The van der Waals surface area contributed by atoms with Gasteiger partial charge in [-0.15, -0.1) is 0 Å². The summed E-state index contributed by atoms with van der Waals surface area (Å²) in [5, 5.41) is 3.54. The number of para-hydroxylation sites is 1. The molecule has 26 heavy (non-hydrogen) atoms. The lowest BCUT2D eigenvalue weighted by Crippen LogP contribution is -2.49. The molecule has 0 unspecified atom stereocenters. The quantitative estimate of drug-likeness (QED) is 0.593. The number of nitrogens with two attached hydrogens (primary N) is 1. The first-order valence-corrected chi connectivity index (χ1v) is 8.21. The third-order valence-corrected chi connectivity index (χ3v) is 4.12. The van der Waals surface area contributed by atoms with Gasteiger partial charge in [0.1, 0.15) is 6.04 Å². The summed E-state index contributed by atoms with van der Waals surface area (Å²) in [6, 6.07) is 5.90. The van der Waals surface area contributed by atoms with Crippen LogP contribution in [0.2, 0.25) is 0 Å². The van der Waals surface area contributed by atoms with Crippen LogP contribution in [0.25, 0.3) is 10.9 Å². The van der Waals surface area contributed by atoms with E-state index in [1.54, 1.807) is 0 Å². The lowest BCUT2D eigenvalue weighted by Gasteiger charge is -2.18. The molecule has 0 radical (unpaired) electrons. The molecule has 2 rings (SSSR count). The number of benzene rings is 1. The average molecular weight is 361 g/mol. The maximum Gasteiger partial charge on any atom is 0.328 e. The first kappa shape index (κ1) is 19.5. The van der Waals surface area contributed by atoms with E-state index >= 15 is 0 Å². The Labute approximate surface area is 151 Å². The highest BCUT2D eigenvalue weighted by molar-refractivity contribution is 5.89. The second-order valence-corrected chi connectivity index (χ2v) is 5.87. The number of fused-ring (bicyclic) bond motifs is 1. The average Bonchev–Trinajstić information content (AvgIpc) is 3.06. The van der Waals surface area contributed by atoms with Crippen LogP contribution in [-0.4, -0.2) is 49.1 Å².